The number of benzene rings is 2. The number of aryl methyl sites for hydroxylation is 1. The molecule has 2 saturated heterocycles. The van der Waals surface area contributed by atoms with Crippen molar-refractivity contribution in [2.24, 2.45) is 0 Å². The monoisotopic (exact) mass is 489 g/mol. The van der Waals surface area contributed by atoms with Crippen molar-refractivity contribution in [3.05, 3.63) is 69.8 Å². The van der Waals surface area contributed by atoms with Gasteiger partial charge in [-0.15, -0.1) is 0 Å². The third-order valence-electron chi connectivity index (χ3n) is 7.39. The Morgan fingerprint density at radius 2 is 1.75 bits per heavy atom. The van der Waals surface area contributed by atoms with E-state index in [1.54, 1.807) is 13.0 Å². The van der Waals surface area contributed by atoms with Crippen LogP contribution < -0.4 is 16.2 Å². The fourth-order valence-corrected chi connectivity index (χ4v) is 5.41. The molecule has 1 amide bonds. The maximum Gasteiger partial charge on any atom is 0.261 e. The average Bonchev–Trinajstić information content (AvgIpc) is 3.14. The molecule has 8 nitrogen and oxygen atoms in total. The first-order chi connectivity index (χ1) is 17.5. The summed E-state index contributed by atoms with van der Waals surface area (Å²) < 4.78 is 1.51. The molecule has 0 aliphatic carbocycles. The number of amides is 1. The minimum Gasteiger partial charge on any atom is -0.379 e. The predicted octanol–water partition coefficient (Wildman–Crippen LogP) is 3.46. The Labute approximate surface area is 211 Å². The van der Waals surface area contributed by atoms with Gasteiger partial charge in [-0.2, -0.15) is 0 Å². The number of carbonyl (C=O) groups excluding carboxylic acids is 1. The summed E-state index contributed by atoms with van der Waals surface area (Å²) in [5.41, 5.74) is 3.70. The van der Waals surface area contributed by atoms with E-state index in [0.29, 0.717) is 29.7 Å². The van der Waals surface area contributed by atoms with Gasteiger partial charge in [-0.05, 0) is 62.5 Å². The van der Waals surface area contributed by atoms with Crippen LogP contribution in [-0.2, 0) is 17.9 Å². The van der Waals surface area contributed by atoms with Gasteiger partial charge in [0.1, 0.15) is 17.6 Å². The second-order valence-electron chi connectivity index (χ2n) is 10.0. The van der Waals surface area contributed by atoms with Crippen LogP contribution in [0.25, 0.3) is 10.9 Å². The molecule has 3 N–H and O–H groups in total. The van der Waals surface area contributed by atoms with Gasteiger partial charge in [0.15, 0.2) is 0 Å². The minimum absolute atomic E-state index is 0.209. The zero-order chi connectivity index (χ0) is 25.1. The number of piperidine rings is 1. The molecule has 2 aliphatic rings. The van der Waals surface area contributed by atoms with Crippen molar-refractivity contribution in [1.29, 1.82) is 0 Å². The second kappa shape index (κ2) is 10.8. The normalized spacial score (nSPS) is 21.2. The van der Waals surface area contributed by atoms with E-state index in [1.165, 1.54) is 48.9 Å². The summed E-state index contributed by atoms with van der Waals surface area (Å²) in [6, 6.07) is 13.7. The van der Waals surface area contributed by atoms with E-state index < -0.39 is 12.3 Å². The number of likely N-dealkylation sites (tertiary alicyclic amines) is 1. The first-order valence-electron chi connectivity index (χ1n) is 13.0. The van der Waals surface area contributed by atoms with Crippen LogP contribution in [0.4, 0.5) is 5.69 Å². The molecule has 190 valence electrons. The summed E-state index contributed by atoms with van der Waals surface area (Å²) in [5.74, 6) is 0.305. The highest BCUT2D eigenvalue weighted by molar-refractivity contribution is 5.89. The molecule has 8 heteroatoms. The number of nitrogens with one attached hydrogen (secondary N) is 2. The Balaban J connectivity index is 1.31. The Hall–Kier alpha value is -3.23. The summed E-state index contributed by atoms with van der Waals surface area (Å²) >= 11 is 0. The highest BCUT2D eigenvalue weighted by atomic mass is 16.3. The number of rotatable bonds is 6. The minimum atomic E-state index is -1.11. The number of anilines is 1. The van der Waals surface area contributed by atoms with Crippen LogP contribution in [0.1, 0.15) is 61.5 Å². The number of carbonyl (C=O) groups is 1. The SMILES string of the molecule is Cc1nc2c(NCc3ccc(CN4CCCCCC4)cc3)cccc2c(=O)n1C1CCC(=O)NC1O. The van der Waals surface area contributed by atoms with Gasteiger partial charge in [-0.1, -0.05) is 43.2 Å². The van der Waals surface area contributed by atoms with E-state index in [4.69, 9.17) is 4.98 Å². The lowest BCUT2D eigenvalue weighted by Gasteiger charge is -2.30. The molecule has 36 heavy (non-hydrogen) atoms. The number of fused-ring (bicyclic) bond motifs is 1. The molecule has 2 atom stereocenters. The van der Waals surface area contributed by atoms with Crippen molar-refractivity contribution in [2.45, 2.75) is 70.8 Å². The van der Waals surface area contributed by atoms with E-state index in [2.05, 4.69) is 39.8 Å². The van der Waals surface area contributed by atoms with E-state index in [-0.39, 0.29) is 17.9 Å². The zero-order valence-corrected chi connectivity index (χ0v) is 20.9. The molecule has 0 bridgehead atoms. The van der Waals surface area contributed by atoms with E-state index in [0.717, 1.165) is 17.8 Å². The maximum absolute atomic E-state index is 13.4. The molecule has 1 aromatic heterocycles. The number of aliphatic hydroxyl groups excluding tert-OH is 1. The number of hydrogen-bond donors (Lipinski definition) is 3. The number of aliphatic hydroxyl groups is 1. The molecule has 3 aromatic rings. The first-order valence-corrected chi connectivity index (χ1v) is 13.0. The number of aromatic nitrogens is 2. The van der Waals surface area contributed by atoms with Crippen molar-refractivity contribution in [3.63, 3.8) is 0 Å². The molecule has 2 fully saturated rings. The molecule has 0 radical (unpaired) electrons. The Kier molecular flexibility index (Phi) is 7.34. The van der Waals surface area contributed by atoms with Crippen LogP contribution >= 0.6 is 0 Å². The third-order valence-corrected chi connectivity index (χ3v) is 7.39. The molecule has 0 spiro atoms. The lowest BCUT2D eigenvalue weighted by molar-refractivity contribution is -0.128. The van der Waals surface area contributed by atoms with Gasteiger partial charge in [0.2, 0.25) is 5.91 Å². The van der Waals surface area contributed by atoms with Crippen molar-refractivity contribution in [2.75, 3.05) is 18.4 Å². The molecular formula is C28H35N5O3. The van der Waals surface area contributed by atoms with Crippen molar-refractivity contribution < 1.29 is 9.90 Å². The molecule has 0 saturated carbocycles. The zero-order valence-electron chi connectivity index (χ0n) is 20.9. The summed E-state index contributed by atoms with van der Waals surface area (Å²) in [6.45, 7) is 5.77. The summed E-state index contributed by atoms with van der Waals surface area (Å²) in [7, 11) is 0. The smallest absolute Gasteiger partial charge is 0.261 e. The summed E-state index contributed by atoms with van der Waals surface area (Å²) in [4.78, 5) is 32.3. The van der Waals surface area contributed by atoms with Crippen LogP contribution in [-0.4, -0.2) is 44.8 Å². The Morgan fingerprint density at radius 3 is 2.47 bits per heavy atom. The largest absolute Gasteiger partial charge is 0.379 e. The third kappa shape index (κ3) is 5.29. The van der Waals surface area contributed by atoms with E-state index in [9.17, 15) is 14.7 Å². The molecule has 3 heterocycles. The highest BCUT2D eigenvalue weighted by Crippen LogP contribution is 2.25. The first kappa shape index (κ1) is 24.5. The molecule has 2 aliphatic heterocycles. The average molecular weight is 490 g/mol. The lowest BCUT2D eigenvalue weighted by Crippen LogP contribution is -2.48. The fraction of sp³-hybridized carbons (Fsp3) is 0.464. The second-order valence-corrected chi connectivity index (χ2v) is 10.0. The topological polar surface area (TPSA) is 99.5 Å². The van der Waals surface area contributed by atoms with Gasteiger partial charge >= 0.3 is 0 Å². The lowest BCUT2D eigenvalue weighted by atomic mass is 10.0. The summed E-state index contributed by atoms with van der Waals surface area (Å²) in [6.07, 6.45) is 4.84. The Bertz CT molecular complexity index is 1280. The molecule has 2 aromatic carbocycles. The molecular weight excluding hydrogens is 454 g/mol. The van der Waals surface area contributed by atoms with E-state index in [1.807, 2.05) is 12.1 Å². The van der Waals surface area contributed by atoms with Gasteiger partial charge in [0.25, 0.3) is 5.56 Å². The van der Waals surface area contributed by atoms with Gasteiger partial charge in [0, 0.05) is 19.5 Å². The predicted molar refractivity (Wildman–Crippen MR) is 141 cm³/mol. The number of hydrogen-bond acceptors (Lipinski definition) is 6. The highest BCUT2D eigenvalue weighted by Gasteiger charge is 2.30. The van der Waals surface area contributed by atoms with Crippen molar-refractivity contribution >= 4 is 22.5 Å². The summed E-state index contributed by atoms with van der Waals surface area (Å²) in [5, 5.41) is 16.8. The molecule has 5 rings (SSSR count). The van der Waals surface area contributed by atoms with Crippen molar-refractivity contribution in [1.82, 2.24) is 19.8 Å². The fourth-order valence-electron chi connectivity index (χ4n) is 5.41. The maximum atomic E-state index is 13.4. The van der Waals surface area contributed by atoms with Gasteiger partial charge in [-0.3, -0.25) is 19.1 Å². The van der Waals surface area contributed by atoms with Crippen molar-refractivity contribution in [3.8, 4) is 0 Å². The van der Waals surface area contributed by atoms with Gasteiger partial charge < -0.3 is 15.7 Å². The Morgan fingerprint density at radius 1 is 1.03 bits per heavy atom. The van der Waals surface area contributed by atoms with Gasteiger partial charge in [-0.25, -0.2) is 4.98 Å². The standard InChI is InChI=1S/C28H35N5O3/c1-19-30-26-22(28(36)33(19)24-13-14-25(34)31-27(24)35)7-6-8-23(26)29-17-20-9-11-21(12-10-20)18-32-15-4-2-3-5-16-32/h6-12,24,27,29,35H,2-5,13-18H2,1H3,(H,31,34). The van der Waals surface area contributed by atoms with Crippen LogP contribution in [0.15, 0.2) is 47.3 Å². The van der Waals surface area contributed by atoms with Crippen LogP contribution in [0.5, 0.6) is 0 Å². The van der Waals surface area contributed by atoms with Crippen LogP contribution in [0, 0.1) is 6.92 Å². The van der Waals surface area contributed by atoms with Crippen LogP contribution in [0.2, 0.25) is 0 Å². The number of para-hydroxylation sites is 1. The number of nitrogens with zero attached hydrogens (tertiary/aromatic N) is 3. The quantitative estimate of drug-likeness (QED) is 0.490. The molecule has 2 unspecified atom stereocenters. The van der Waals surface area contributed by atoms with E-state index >= 15 is 0 Å². The van der Waals surface area contributed by atoms with Crippen LogP contribution in [0.3, 0.4) is 0 Å². The van der Waals surface area contributed by atoms with Gasteiger partial charge in [0.05, 0.1) is 17.1 Å².